The molecule has 0 saturated carbocycles. The van der Waals surface area contributed by atoms with Gasteiger partial charge in [-0.1, -0.05) is 42.0 Å². The van der Waals surface area contributed by atoms with Crippen molar-refractivity contribution in [1.29, 1.82) is 0 Å². The normalized spacial score (nSPS) is 14.2. The van der Waals surface area contributed by atoms with E-state index in [2.05, 4.69) is 30.0 Å². The monoisotopic (exact) mass is 267 g/mol. The van der Waals surface area contributed by atoms with Crippen molar-refractivity contribution in [2.75, 3.05) is 13.2 Å². The molecule has 0 unspecified atom stereocenters. The molecule has 2 nitrogen and oxygen atoms in total. The molecule has 0 N–H and O–H groups in total. The smallest absolute Gasteiger partial charge is 0.119 e. The number of rotatable bonds is 5. The maximum atomic E-state index is 5.74. The Hall–Kier alpha value is -1.80. The Bertz CT molecular complexity index is 565. The van der Waals surface area contributed by atoms with Crippen molar-refractivity contribution in [1.82, 2.24) is 4.90 Å². The van der Waals surface area contributed by atoms with E-state index >= 15 is 0 Å². The minimum absolute atomic E-state index is 0.788. The first-order chi connectivity index (χ1) is 9.81. The fourth-order valence-electron chi connectivity index (χ4n) is 2.75. The van der Waals surface area contributed by atoms with Crippen LogP contribution < -0.4 is 4.74 Å². The molecule has 1 aliphatic heterocycles. The van der Waals surface area contributed by atoms with E-state index < -0.39 is 0 Å². The number of hydrogen-bond acceptors (Lipinski definition) is 2. The third-order valence-electron chi connectivity index (χ3n) is 3.78. The molecule has 2 aromatic carbocycles. The molecule has 20 heavy (non-hydrogen) atoms. The first kappa shape index (κ1) is 13.2. The van der Waals surface area contributed by atoms with Crippen LogP contribution in [0.4, 0.5) is 0 Å². The molecule has 0 spiro atoms. The summed E-state index contributed by atoms with van der Waals surface area (Å²) < 4.78 is 5.74. The average Bonchev–Trinajstić information content (AvgIpc) is 2.86. The minimum Gasteiger partial charge on any atom is -0.494 e. The summed E-state index contributed by atoms with van der Waals surface area (Å²) in [6.07, 6.45) is 1.07. The first-order valence-electron chi connectivity index (χ1n) is 7.30. The van der Waals surface area contributed by atoms with Crippen LogP contribution in [0.15, 0.2) is 48.5 Å². The lowest BCUT2D eigenvalue weighted by Gasteiger charge is -2.14. The average molecular weight is 267 g/mol. The van der Waals surface area contributed by atoms with E-state index in [-0.39, 0.29) is 0 Å². The highest BCUT2D eigenvalue weighted by molar-refractivity contribution is 5.34. The summed E-state index contributed by atoms with van der Waals surface area (Å²) in [6, 6.07) is 16.8. The summed E-state index contributed by atoms with van der Waals surface area (Å²) in [6.45, 7) is 6.22. The van der Waals surface area contributed by atoms with E-state index in [0.717, 1.165) is 38.4 Å². The topological polar surface area (TPSA) is 12.5 Å². The van der Waals surface area contributed by atoms with Gasteiger partial charge in [0.05, 0.1) is 6.61 Å². The van der Waals surface area contributed by atoms with Crippen LogP contribution in [0.25, 0.3) is 0 Å². The molecule has 0 radical (unpaired) electrons. The quantitative estimate of drug-likeness (QED) is 0.764. The van der Waals surface area contributed by atoms with Gasteiger partial charge in [0, 0.05) is 19.6 Å². The van der Waals surface area contributed by atoms with Gasteiger partial charge in [-0.25, -0.2) is 0 Å². The summed E-state index contributed by atoms with van der Waals surface area (Å²) in [4.78, 5) is 2.50. The van der Waals surface area contributed by atoms with Gasteiger partial charge in [-0.05, 0) is 36.6 Å². The van der Waals surface area contributed by atoms with Crippen molar-refractivity contribution in [2.24, 2.45) is 0 Å². The van der Waals surface area contributed by atoms with Gasteiger partial charge in [0.2, 0.25) is 0 Å². The van der Waals surface area contributed by atoms with Crippen LogP contribution in [0, 0.1) is 6.92 Å². The zero-order valence-corrected chi connectivity index (χ0v) is 12.0. The van der Waals surface area contributed by atoms with Gasteiger partial charge in [-0.2, -0.15) is 0 Å². The molecule has 0 aromatic heterocycles. The van der Waals surface area contributed by atoms with Crippen LogP contribution in [0.5, 0.6) is 5.75 Å². The van der Waals surface area contributed by atoms with Crippen molar-refractivity contribution in [3.63, 3.8) is 0 Å². The molecular formula is C18H21NO. The molecule has 104 valence electrons. The van der Waals surface area contributed by atoms with Crippen molar-refractivity contribution >= 4 is 0 Å². The number of fused-ring (bicyclic) bond motifs is 1. The van der Waals surface area contributed by atoms with Crippen molar-refractivity contribution in [3.05, 3.63) is 65.2 Å². The molecule has 2 heteroatoms. The largest absolute Gasteiger partial charge is 0.494 e. The van der Waals surface area contributed by atoms with Gasteiger partial charge in [-0.3, -0.25) is 4.90 Å². The van der Waals surface area contributed by atoms with E-state index in [1.807, 2.05) is 30.3 Å². The van der Waals surface area contributed by atoms with Crippen LogP contribution in [-0.2, 0) is 13.1 Å². The van der Waals surface area contributed by atoms with Crippen molar-refractivity contribution in [3.8, 4) is 5.75 Å². The number of hydrogen-bond donors (Lipinski definition) is 0. The highest BCUT2D eigenvalue weighted by Crippen LogP contribution is 2.23. The van der Waals surface area contributed by atoms with E-state index in [4.69, 9.17) is 4.74 Å². The lowest BCUT2D eigenvalue weighted by Crippen LogP contribution is -2.19. The number of aryl methyl sites for hydroxylation is 1. The highest BCUT2D eigenvalue weighted by Gasteiger charge is 2.17. The van der Waals surface area contributed by atoms with Crippen LogP contribution in [0.2, 0.25) is 0 Å². The predicted molar refractivity (Wildman–Crippen MR) is 81.8 cm³/mol. The maximum Gasteiger partial charge on any atom is 0.119 e. The lowest BCUT2D eigenvalue weighted by molar-refractivity contribution is 0.238. The standard InChI is InChI=1S/C18H21NO/c1-15-8-9-16-13-19(14-17(16)12-15)10-5-11-20-18-6-3-2-4-7-18/h2-4,6-9,12H,5,10-11,13-14H2,1H3. The predicted octanol–water partition coefficient (Wildman–Crippen LogP) is 3.78. The summed E-state index contributed by atoms with van der Waals surface area (Å²) in [5, 5.41) is 0. The lowest BCUT2D eigenvalue weighted by atomic mass is 10.1. The fraction of sp³-hybridized carbons (Fsp3) is 0.333. The SMILES string of the molecule is Cc1ccc2c(c1)CN(CCCOc1ccccc1)C2. The molecule has 0 bridgehead atoms. The maximum absolute atomic E-state index is 5.74. The van der Waals surface area contributed by atoms with E-state index in [1.165, 1.54) is 16.7 Å². The number of benzene rings is 2. The molecule has 0 saturated heterocycles. The van der Waals surface area contributed by atoms with Crippen LogP contribution in [0.3, 0.4) is 0 Å². The third-order valence-corrected chi connectivity index (χ3v) is 3.78. The number of para-hydroxylation sites is 1. The van der Waals surface area contributed by atoms with Gasteiger partial charge in [0.25, 0.3) is 0 Å². The fourth-order valence-corrected chi connectivity index (χ4v) is 2.75. The minimum atomic E-state index is 0.788. The molecule has 1 aliphatic rings. The van der Waals surface area contributed by atoms with Crippen molar-refractivity contribution in [2.45, 2.75) is 26.4 Å². The van der Waals surface area contributed by atoms with Gasteiger partial charge in [0.15, 0.2) is 0 Å². The zero-order chi connectivity index (χ0) is 13.8. The highest BCUT2D eigenvalue weighted by atomic mass is 16.5. The molecule has 1 heterocycles. The summed E-state index contributed by atoms with van der Waals surface area (Å²) in [7, 11) is 0. The van der Waals surface area contributed by atoms with Gasteiger partial charge < -0.3 is 4.74 Å². The number of ether oxygens (including phenoxy) is 1. The van der Waals surface area contributed by atoms with Gasteiger partial charge in [-0.15, -0.1) is 0 Å². The zero-order valence-electron chi connectivity index (χ0n) is 12.0. The molecule has 0 aliphatic carbocycles. The first-order valence-corrected chi connectivity index (χ1v) is 7.30. The second kappa shape index (κ2) is 6.10. The number of nitrogens with zero attached hydrogens (tertiary/aromatic N) is 1. The Labute approximate surface area is 121 Å². The van der Waals surface area contributed by atoms with Crippen LogP contribution in [-0.4, -0.2) is 18.1 Å². The van der Waals surface area contributed by atoms with Gasteiger partial charge >= 0.3 is 0 Å². The molecule has 0 amide bonds. The molecule has 3 rings (SSSR count). The Kier molecular flexibility index (Phi) is 4.03. The summed E-state index contributed by atoms with van der Waals surface area (Å²) >= 11 is 0. The van der Waals surface area contributed by atoms with Gasteiger partial charge in [0.1, 0.15) is 5.75 Å². The van der Waals surface area contributed by atoms with E-state index in [9.17, 15) is 0 Å². The van der Waals surface area contributed by atoms with Crippen LogP contribution >= 0.6 is 0 Å². The van der Waals surface area contributed by atoms with Crippen LogP contribution in [0.1, 0.15) is 23.1 Å². The Morgan fingerprint density at radius 3 is 2.65 bits per heavy atom. The molecule has 2 aromatic rings. The second-order valence-corrected chi connectivity index (χ2v) is 5.50. The third kappa shape index (κ3) is 3.20. The van der Waals surface area contributed by atoms with Crippen molar-refractivity contribution < 1.29 is 4.74 Å². The Balaban J connectivity index is 1.43. The molecule has 0 atom stereocenters. The summed E-state index contributed by atoms with van der Waals surface area (Å²) in [5.41, 5.74) is 4.34. The Morgan fingerprint density at radius 1 is 1.00 bits per heavy atom. The van der Waals surface area contributed by atoms with E-state index in [0.29, 0.717) is 0 Å². The summed E-state index contributed by atoms with van der Waals surface area (Å²) in [5.74, 6) is 0.966. The van der Waals surface area contributed by atoms with E-state index in [1.54, 1.807) is 0 Å². The molecule has 0 fully saturated rings. The second-order valence-electron chi connectivity index (χ2n) is 5.50. The Morgan fingerprint density at radius 2 is 1.80 bits per heavy atom. The molecular weight excluding hydrogens is 246 g/mol.